The van der Waals surface area contributed by atoms with Crippen molar-refractivity contribution in [1.29, 1.82) is 0 Å². The van der Waals surface area contributed by atoms with Crippen molar-refractivity contribution < 1.29 is 4.74 Å². The van der Waals surface area contributed by atoms with E-state index < -0.39 is 0 Å². The molecule has 0 atom stereocenters. The predicted octanol–water partition coefficient (Wildman–Crippen LogP) is 2.44. The summed E-state index contributed by atoms with van der Waals surface area (Å²) in [6.07, 6.45) is 2.12. The molecule has 4 heteroatoms. The van der Waals surface area contributed by atoms with E-state index in [-0.39, 0.29) is 6.10 Å². The zero-order valence-corrected chi connectivity index (χ0v) is 11.4. The molecule has 19 heavy (non-hydrogen) atoms. The number of hydrogen-bond acceptors (Lipinski definition) is 3. The average Bonchev–Trinajstić information content (AvgIpc) is 2.82. The summed E-state index contributed by atoms with van der Waals surface area (Å²) in [5.74, 6) is 2.03. The second kappa shape index (κ2) is 5.05. The summed E-state index contributed by atoms with van der Waals surface area (Å²) in [5, 5.41) is 3.34. The summed E-state index contributed by atoms with van der Waals surface area (Å²) in [5.41, 5.74) is 2.27. The van der Waals surface area contributed by atoms with Crippen LogP contribution in [0, 0.1) is 0 Å². The quantitative estimate of drug-likeness (QED) is 0.918. The highest BCUT2D eigenvalue weighted by molar-refractivity contribution is 5.67. The Labute approximate surface area is 113 Å². The summed E-state index contributed by atoms with van der Waals surface area (Å²) in [4.78, 5) is 4.50. The molecule has 0 saturated heterocycles. The third-order valence-electron chi connectivity index (χ3n) is 3.26. The van der Waals surface area contributed by atoms with E-state index in [1.807, 2.05) is 38.2 Å². The number of aromatic nitrogens is 2. The third kappa shape index (κ3) is 2.36. The van der Waals surface area contributed by atoms with Gasteiger partial charge in [-0.1, -0.05) is 12.1 Å². The van der Waals surface area contributed by atoms with E-state index in [1.54, 1.807) is 0 Å². The van der Waals surface area contributed by atoms with Gasteiger partial charge in [0.2, 0.25) is 0 Å². The van der Waals surface area contributed by atoms with E-state index in [0.717, 1.165) is 42.5 Å². The number of nitrogens with zero attached hydrogens (tertiary/aromatic N) is 2. The molecule has 1 aliphatic rings. The minimum Gasteiger partial charge on any atom is -0.490 e. The molecule has 3 rings (SSSR count). The maximum atomic E-state index is 5.90. The van der Waals surface area contributed by atoms with E-state index in [9.17, 15) is 0 Å². The van der Waals surface area contributed by atoms with Crippen LogP contribution >= 0.6 is 0 Å². The predicted molar refractivity (Wildman–Crippen MR) is 75.1 cm³/mol. The number of nitrogens with one attached hydrogen (secondary N) is 1. The van der Waals surface area contributed by atoms with E-state index in [1.165, 1.54) is 0 Å². The molecule has 0 radical (unpaired) electrons. The van der Waals surface area contributed by atoms with Gasteiger partial charge >= 0.3 is 0 Å². The molecular weight excluding hydrogens is 238 g/mol. The number of hydrogen-bond donors (Lipinski definition) is 1. The van der Waals surface area contributed by atoms with Crippen molar-refractivity contribution in [3.8, 4) is 17.0 Å². The molecule has 1 N–H and O–H groups in total. The normalized spacial score (nSPS) is 14.5. The topological polar surface area (TPSA) is 39.1 Å². The monoisotopic (exact) mass is 257 g/mol. The second-order valence-electron chi connectivity index (χ2n) is 5.05. The van der Waals surface area contributed by atoms with E-state index in [0.29, 0.717) is 0 Å². The van der Waals surface area contributed by atoms with Crippen LogP contribution in [0.4, 0.5) is 0 Å². The van der Waals surface area contributed by atoms with Gasteiger partial charge in [-0.25, -0.2) is 4.98 Å². The van der Waals surface area contributed by atoms with Gasteiger partial charge in [-0.05, 0) is 26.0 Å². The molecule has 2 aromatic rings. The van der Waals surface area contributed by atoms with E-state index in [2.05, 4.69) is 20.9 Å². The molecule has 0 amide bonds. The molecule has 4 nitrogen and oxygen atoms in total. The van der Waals surface area contributed by atoms with Gasteiger partial charge in [0.15, 0.2) is 0 Å². The SMILES string of the molecule is CC(C)Oc1ccccc1-c1cnc2n1CCNC2. The van der Waals surface area contributed by atoms with E-state index in [4.69, 9.17) is 4.74 Å². The van der Waals surface area contributed by atoms with Gasteiger partial charge in [-0.15, -0.1) is 0 Å². The molecule has 0 spiro atoms. The van der Waals surface area contributed by atoms with Crippen molar-refractivity contribution in [2.24, 2.45) is 0 Å². The molecule has 0 aliphatic carbocycles. The van der Waals surface area contributed by atoms with Crippen molar-refractivity contribution in [2.75, 3.05) is 6.54 Å². The van der Waals surface area contributed by atoms with Gasteiger partial charge in [0, 0.05) is 18.7 Å². The molecule has 1 aliphatic heterocycles. The van der Waals surface area contributed by atoms with Crippen LogP contribution < -0.4 is 10.1 Å². The van der Waals surface area contributed by atoms with Gasteiger partial charge in [-0.2, -0.15) is 0 Å². The van der Waals surface area contributed by atoms with Gasteiger partial charge in [-0.3, -0.25) is 0 Å². The minimum atomic E-state index is 0.173. The third-order valence-corrected chi connectivity index (χ3v) is 3.26. The van der Waals surface area contributed by atoms with Crippen LogP contribution in [0.15, 0.2) is 30.5 Å². The molecule has 0 fully saturated rings. The highest BCUT2D eigenvalue weighted by Crippen LogP contribution is 2.31. The molecule has 0 unspecified atom stereocenters. The smallest absolute Gasteiger partial charge is 0.129 e. The van der Waals surface area contributed by atoms with Crippen LogP contribution in [-0.4, -0.2) is 22.2 Å². The van der Waals surface area contributed by atoms with E-state index >= 15 is 0 Å². The Morgan fingerprint density at radius 2 is 2.16 bits per heavy atom. The second-order valence-corrected chi connectivity index (χ2v) is 5.05. The van der Waals surface area contributed by atoms with Gasteiger partial charge in [0.25, 0.3) is 0 Å². The maximum absolute atomic E-state index is 5.90. The summed E-state index contributed by atoms with van der Waals surface area (Å²) in [6, 6.07) is 8.18. The fourth-order valence-corrected chi connectivity index (χ4v) is 2.45. The highest BCUT2D eigenvalue weighted by atomic mass is 16.5. The summed E-state index contributed by atoms with van der Waals surface area (Å²) in [6.45, 7) is 6.89. The lowest BCUT2D eigenvalue weighted by Crippen LogP contribution is -2.28. The molecule has 0 bridgehead atoms. The summed E-state index contributed by atoms with van der Waals surface area (Å²) < 4.78 is 8.18. The number of benzene rings is 1. The first-order chi connectivity index (χ1) is 9.25. The highest BCUT2D eigenvalue weighted by Gasteiger charge is 2.17. The van der Waals surface area contributed by atoms with Crippen molar-refractivity contribution in [3.05, 3.63) is 36.3 Å². The van der Waals surface area contributed by atoms with Crippen LogP contribution in [0.5, 0.6) is 5.75 Å². The van der Waals surface area contributed by atoms with Crippen LogP contribution in [0.1, 0.15) is 19.7 Å². The Morgan fingerprint density at radius 3 is 3.00 bits per heavy atom. The van der Waals surface area contributed by atoms with Crippen LogP contribution in [0.2, 0.25) is 0 Å². The summed E-state index contributed by atoms with van der Waals surface area (Å²) in [7, 11) is 0. The molecule has 100 valence electrons. The maximum Gasteiger partial charge on any atom is 0.129 e. The fraction of sp³-hybridized carbons (Fsp3) is 0.400. The van der Waals surface area contributed by atoms with Gasteiger partial charge < -0.3 is 14.6 Å². The van der Waals surface area contributed by atoms with Crippen LogP contribution in [0.25, 0.3) is 11.3 Å². The zero-order chi connectivity index (χ0) is 13.2. The van der Waals surface area contributed by atoms with Gasteiger partial charge in [0.1, 0.15) is 11.6 Å². The summed E-state index contributed by atoms with van der Waals surface area (Å²) >= 11 is 0. The lowest BCUT2D eigenvalue weighted by molar-refractivity contribution is 0.243. The number of imidazole rings is 1. The first-order valence-electron chi connectivity index (χ1n) is 6.77. The lowest BCUT2D eigenvalue weighted by atomic mass is 10.1. The number of fused-ring (bicyclic) bond motifs is 1. The Kier molecular flexibility index (Phi) is 3.25. The Bertz CT molecular complexity index is 575. The van der Waals surface area contributed by atoms with Crippen molar-refractivity contribution >= 4 is 0 Å². The first kappa shape index (κ1) is 12.2. The minimum absolute atomic E-state index is 0.173. The number of ether oxygens (including phenoxy) is 1. The fourth-order valence-electron chi connectivity index (χ4n) is 2.45. The van der Waals surface area contributed by atoms with Crippen molar-refractivity contribution in [1.82, 2.24) is 14.9 Å². The average molecular weight is 257 g/mol. The molecule has 1 aromatic heterocycles. The first-order valence-corrected chi connectivity index (χ1v) is 6.77. The Balaban J connectivity index is 2.04. The molecule has 0 saturated carbocycles. The molecule has 1 aromatic carbocycles. The van der Waals surface area contributed by atoms with Crippen molar-refractivity contribution in [2.45, 2.75) is 33.0 Å². The Morgan fingerprint density at radius 1 is 1.32 bits per heavy atom. The largest absolute Gasteiger partial charge is 0.490 e. The number of rotatable bonds is 3. The standard InChI is InChI=1S/C15H19N3O/c1-11(2)19-14-6-4-3-5-12(14)13-9-17-15-10-16-7-8-18(13)15/h3-6,9,11,16H,7-8,10H2,1-2H3. The number of para-hydroxylation sites is 1. The lowest BCUT2D eigenvalue weighted by Gasteiger charge is -2.19. The zero-order valence-electron chi connectivity index (χ0n) is 11.4. The van der Waals surface area contributed by atoms with Crippen LogP contribution in [-0.2, 0) is 13.1 Å². The van der Waals surface area contributed by atoms with Gasteiger partial charge in [0.05, 0.1) is 24.5 Å². The Hall–Kier alpha value is -1.81. The van der Waals surface area contributed by atoms with Crippen LogP contribution in [0.3, 0.4) is 0 Å². The molecule has 2 heterocycles. The van der Waals surface area contributed by atoms with Crippen molar-refractivity contribution in [3.63, 3.8) is 0 Å². The molecular formula is C15H19N3O.